The van der Waals surface area contributed by atoms with Gasteiger partial charge in [-0.1, -0.05) is 12.1 Å². The fourth-order valence-corrected chi connectivity index (χ4v) is 3.98. The van der Waals surface area contributed by atoms with Crippen molar-refractivity contribution in [1.82, 2.24) is 24.3 Å². The summed E-state index contributed by atoms with van der Waals surface area (Å²) in [5.74, 6) is 1.47. The molecule has 0 fully saturated rings. The molecule has 0 aliphatic carbocycles. The van der Waals surface area contributed by atoms with Gasteiger partial charge in [-0.2, -0.15) is 5.10 Å². The van der Waals surface area contributed by atoms with E-state index >= 15 is 0 Å². The molecule has 0 spiro atoms. The predicted molar refractivity (Wildman–Crippen MR) is 103 cm³/mol. The molecule has 0 amide bonds. The fraction of sp³-hybridized carbons (Fsp3) is 0.278. The van der Waals surface area contributed by atoms with Crippen LogP contribution in [-0.4, -0.2) is 36.0 Å². The first-order valence-corrected chi connectivity index (χ1v) is 9.19. The SMILES string of the molecule is Cc1nc(N)sc1Cc1nc(-c2cccc3c2ccn3C)nn1CCO. The molecule has 134 valence electrons. The molecule has 26 heavy (non-hydrogen) atoms. The quantitative estimate of drug-likeness (QED) is 0.564. The van der Waals surface area contributed by atoms with E-state index in [2.05, 4.69) is 26.8 Å². The number of nitrogen functional groups attached to an aromatic ring is 1. The van der Waals surface area contributed by atoms with Crippen molar-refractivity contribution in [3.8, 4) is 11.4 Å². The normalized spacial score (nSPS) is 11.5. The van der Waals surface area contributed by atoms with E-state index in [0.29, 0.717) is 23.9 Å². The number of rotatable bonds is 5. The Morgan fingerprint density at radius 3 is 2.81 bits per heavy atom. The Morgan fingerprint density at radius 1 is 1.23 bits per heavy atom. The molecular weight excluding hydrogens is 348 g/mol. The van der Waals surface area contributed by atoms with Crippen LogP contribution >= 0.6 is 11.3 Å². The maximum atomic E-state index is 9.40. The van der Waals surface area contributed by atoms with E-state index in [1.54, 1.807) is 4.68 Å². The highest BCUT2D eigenvalue weighted by Crippen LogP contribution is 2.28. The third-order valence-electron chi connectivity index (χ3n) is 4.46. The highest BCUT2D eigenvalue weighted by Gasteiger charge is 2.17. The van der Waals surface area contributed by atoms with Crippen molar-refractivity contribution >= 4 is 27.4 Å². The molecule has 0 aliphatic heterocycles. The molecule has 3 N–H and O–H groups in total. The van der Waals surface area contributed by atoms with E-state index in [9.17, 15) is 5.11 Å². The van der Waals surface area contributed by atoms with Gasteiger partial charge >= 0.3 is 0 Å². The van der Waals surface area contributed by atoms with Crippen LogP contribution in [-0.2, 0) is 20.0 Å². The van der Waals surface area contributed by atoms with Gasteiger partial charge in [-0.3, -0.25) is 0 Å². The second-order valence-corrected chi connectivity index (χ2v) is 7.32. The van der Waals surface area contributed by atoms with E-state index in [1.165, 1.54) is 11.3 Å². The van der Waals surface area contributed by atoms with Crippen molar-refractivity contribution in [2.24, 2.45) is 7.05 Å². The van der Waals surface area contributed by atoms with Crippen molar-refractivity contribution in [2.75, 3.05) is 12.3 Å². The van der Waals surface area contributed by atoms with Crippen molar-refractivity contribution in [2.45, 2.75) is 19.9 Å². The molecular formula is C18H20N6OS. The van der Waals surface area contributed by atoms with Gasteiger partial charge in [0.05, 0.1) is 18.8 Å². The van der Waals surface area contributed by atoms with Crippen LogP contribution in [0.25, 0.3) is 22.3 Å². The first kappa shape index (κ1) is 16.7. The number of benzene rings is 1. The third-order valence-corrected chi connectivity index (χ3v) is 5.44. The summed E-state index contributed by atoms with van der Waals surface area (Å²) in [4.78, 5) is 10.1. The van der Waals surface area contributed by atoms with Gasteiger partial charge in [0.2, 0.25) is 0 Å². The van der Waals surface area contributed by atoms with Crippen molar-refractivity contribution in [1.29, 1.82) is 0 Å². The lowest BCUT2D eigenvalue weighted by atomic mass is 10.1. The number of thiazole rings is 1. The van der Waals surface area contributed by atoms with Crippen LogP contribution in [0.1, 0.15) is 16.4 Å². The molecule has 0 saturated heterocycles. The second kappa shape index (κ2) is 6.54. The Labute approximate surface area is 154 Å². The summed E-state index contributed by atoms with van der Waals surface area (Å²) in [5, 5.41) is 15.7. The zero-order valence-corrected chi connectivity index (χ0v) is 15.5. The van der Waals surface area contributed by atoms with E-state index in [-0.39, 0.29) is 6.61 Å². The van der Waals surface area contributed by atoms with Crippen molar-refractivity contribution < 1.29 is 5.11 Å². The Morgan fingerprint density at radius 2 is 2.08 bits per heavy atom. The largest absolute Gasteiger partial charge is 0.394 e. The molecule has 0 saturated carbocycles. The summed E-state index contributed by atoms with van der Waals surface area (Å²) < 4.78 is 3.85. The molecule has 0 aliphatic rings. The van der Waals surface area contributed by atoms with Crippen LogP contribution < -0.4 is 5.73 Å². The average molecular weight is 368 g/mol. The van der Waals surface area contributed by atoms with Gasteiger partial charge < -0.3 is 15.4 Å². The Hall–Kier alpha value is -2.71. The van der Waals surface area contributed by atoms with Crippen molar-refractivity contribution in [3.05, 3.63) is 46.9 Å². The fourth-order valence-electron chi connectivity index (χ4n) is 3.15. The van der Waals surface area contributed by atoms with E-state index in [4.69, 9.17) is 10.7 Å². The molecule has 4 rings (SSSR count). The molecule has 3 heterocycles. The highest BCUT2D eigenvalue weighted by molar-refractivity contribution is 7.15. The standard InChI is InChI=1S/C18H20N6OS/c1-11-15(26-18(19)20-11)10-16-21-17(22-24(16)8-9-25)13-4-3-5-14-12(13)6-7-23(14)2/h3-7,25H,8-10H2,1-2H3,(H2,19,20). The van der Waals surface area contributed by atoms with Gasteiger partial charge in [0.25, 0.3) is 0 Å². The zero-order valence-electron chi connectivity index (χ0n) is 14.7. The zero-order chi connectivity index (χ0) is 18.3. The molecule has 0 bridgehead atoms. The first-order valence-electron chi connectivity index (χ1n) is 8.37. The number of nitrogens with two attached hydrogens (primary N) is 1. The Bertz CT molecular complexity index is 1080. The van der Waals surface area contributed by atoms with Crippen LogP contribution in [0.15, 0.2) is 30.5 Å². The van der Waals surface area contributed by atoms with E-state index in [1.807, 2.05) is 32.3 Å². The third kappa shape index (κ3) is 2.87. The number of fused-ring (bicyclic) bond motifs is 1. The maximum Gasteiger partial charge on any atom is 0.182 e. The molecule has 4 aromatic rings. The topological polar surface area (TPSA) is 94.8 Å². The minimum atomic E-state index is 0.00908. The van der Waals surface area contributed by atoms with Crippen LogP contribution in [0.4, 0.5) is 5.13 Å². The minimum Gasteiger partial charge on any atom is -0.394 e. The van der Waals surface area contributed by atoms with Gasteiger partial charge in [-0.25, -0.2) is 14.6 Å². The van der Waals surface area contributed by atoms with Gasteiger partial charge in [-0.15, -0.1) is 11.3 Å². The molecule has 0 unspecified atom stereocenters. The maximum absolute atomic E-state index is 9.40. The monoisotopic (exact) mass is 368 g/mol. The van der Waals surface area contributed by atoms with Gasteiger partial charge in [0, 0.05) is 41.0 Å². The van der Waals surface area contributed by atoms with E-state index in [0.717, 1.165) is 32.9 Å². The number of aliphatic hydroxyl groups is 1. The number of nitrogens with zero attached hydrogens (tertiary/aromatic N) is 5. The van der Waals surface area contributed by atoms with E-state index < -0.39 is 0 Å². The Balaban J connectivity index is 1.79. The lowest BCUT2D eigenvalue weighted by molar-refractivity contribution is 0.267. The van der Waals surface area contributed by atoms with Crippen LogP contribution in [0.5, 0.6) is 0 Å². The average Bonchev–Trinajstić information content (AvgIpc) is 3.27. The summed E-state index contributed by atoms with van der Waals surface area (Å²) in [6.07, 6.45) is 2.63. The van der Waals surface area contributed by atoms with Gasteiger partial charge in [-0.05, 0) is 19.1 Å². The summed E-state index contributed by atoms with van der Waals surface area (Å²) in [5.41, 5.74) is 8.85. The summed E-state index contributed by atoms with van der Waals surface area (Å²) >= 11 is 1.47. The van der Waals surface area contributed by atoms with Gasteiger partial charge in [0.1, 0.15) is 5.82 Å². The first-order chi connectivity index (χ1) is 12.6. The number of aryl methyl sites for hydroxylation is 2. The predicted octanol–water partition coefficient (Wildman–Crippen LogP) is 2.37. The molecule has 0 atom stereocenters. The summed E-state index contributed by atoms with van der Waals surface area (Å²) in [6.45, 7) is 2.36. The second-order valence-electron chi connectivity index (χ2n) is 6.20. The van der Waals surface area contributed by atoms with Crippen LogP contribution in [0, 0.1) is 6.92 Å². The molecule has 0 radical (unpaired) electrons. The minimum absolute atomic E-state index is 0.00908. The molecule has 7 nitrogen and oxygen atoms in total. The summed E-state index contributed by atoms with van der Waals surface area (Å²) in [7, 11) is 2.02. The lowest BCUT2D eigenvalue weighted by Gasteiger charge is -2.02. The summed E-state index contributed by atoms with van der Waals surface area (Å²) in [6, 6.07) is 8.19. The van der Waals surface area contributed by atoms with Crippen molar-refractivity contribution in [3.63, 3.8) is 0 Å². The number of hydrogen-bond donors (Lipinski definition) is 2. The highest BCUT2D eigenvalue weighted by atomic mass is 32.1. The molecule has 1 aromatic carbocycles. The molecule has 3 aromatic heterocycles. The number of anilines is 1. The Kier molecular flexibility index (Phi) is 4.21. The van der Waals surface area contributed by atoms with Crippen LogP contribution in [0.3, 0.4) is 0 Å². The van der Waals surface area contributed by atoms with Gasteiger partial charge in [0.15, 0.2) is 11.0 Å². The number of hydrogen-bond acceptors (Lipinski definition) is 6. The lowest BCUT2D eigenvalue weighted by Crippen LogP contribution is -2.09. The number of aromatic nitrogens is 5. The molecule has 8 heteroatoms. The smallest absolute Gasteiger partial charge is 0.182 e. The number of aliphatic hydroxyl groups excluding tert-OH is 1. The van der Waals surface area contributed by atoms with Crippen LogP contribution in [0.2, 0.25) is 0 Å².